The van der Waals surface area contributed by atoms with Crippen LogP contribution < -0.4 is 0 Å². The summed E-state index contributed by atoms with van der Waals surface area (Å²) in [5.41, 5.74) is 20.7. The molecule has 0 saturated heterocycles. The maximum Gasteiger partial charge on any atom is 0.143 e. The lowest BCUT2D eigenvalue weighted by Gasteiger charge is -2.14. The predicted octanol–water partition coefficient (Wildman–Crippen LogP) is 19.2. The molecule has 0 radical (unpaired) electrons. The summed E-state index contributed by atoms with van der Waals surface area (Å²) >= 11 is 0. The lowest BCUT2D eigenvalue weighted by Crippen LogP contribution is -1.94. The topological polar surface area (TPSA) is 38.9 Å². The molecule has 0 aliphatic heterocycles. The molecule has 14 rings (SSSR count). The Morgan fingerprint density at radius 3 is 1.15 bits per heavy atom. The zero-order valence-corrected chi connectivity index (χ0v) is 39.7. The number of rotatable bonds is 8. The van der Waals surface area contributed by atoms with Crippen molar-refractivity contribution in [2.75, 3.05) is 0 Å². The first-order chi connectivity index (χ1) is 36.2. The van der Waals surface area contributed by atoms with Crippen molar-refractivity contribution in [1.82, 2.24) is 9.97 Å². The van der Waals surface area contributed by atoms with Gasteiger partial charge in [0.25, 0.3) is 0 Å². The van der Waals surface area contributed by atoms with Crippen molar-refractivity contribution >= 4 is 54.5 Å². The van der Waals surface area contributed by atoms with E-state index in [9.17, 15) is 0 Å². The molecule has 3 nitrogen and oxygen atoms in total. The molecule has 0 spiro atoms. The van der Waals surface area contributed by atoms with Crippen LogP contribution in [0.4, 0.5) is 0 Å². The van der Waals surface area contributed by atoms with Gasteiger partial charge in [-0.15, -0.1) is 0 Å². The molecule has 0 saturated carbocycles. The second-order valence-corrected chi connectivity index (χ2v) is 18.8. The fourth-order valence-electron chi connectivity index (χ4n) is 10.9. The van der Waals surface area contributed by atoms with Crippen LogP contribution in [0, 0.1) is 0 Å². The van der Waals surface area contributed by atoms with Crippen molar-refractivity contribution < 1.29 is 4.42 Å². The normalized spacial score (nSPS) is 11.6. The number of nitrogens with zero attached hydrogens (tertiary/aromatic N) is 2. The molecule has 340 valence electrons. The molecule has 0 unspecified atom stereocenters. The van der Waals surface area contributed by atoms with Crippen LogP contribution in [0.3, 0.4) is 0 Å². The summed E-state index contributed by atoms with van der Waals surface area (Å²) in [6.45, 7) is 0. The van der Waals surface area contributed by atoms with E-state index in [4.69, 9.17) is 14.4 Å². The van der Waals surface area contributed by atoms with E-state index in [2.05, 4.69) is 261 Å². The minimum absolute atomic E-state index is 0.795. The summed E-state index contributed by atoms with van der Waals surface area (Å²) in [5.74, 6) is 0. The molecule has 0 fully saturated rings. The van der Waals surface area contributed by atoms with Gasteiger partial charge in [-0.25, -0.2) is 4.98 Å². The van der Waals surface area contributed by atoms with Gasteiger partial charge in [0.05, 0.1) is 22.9 Å². The largest absolute Gasteiger partial charge is 0.455 e. The minimum Gasteiger partial charge on any atom is -0.455 e. The Morgan fingerprint density at radius 2 is 0.616 bits per heavy atom. The Balaban J connectivity index is 1.05. The maximum absolute atomic E-state index is 7.47. The zero-order chi connectivity index (χ0) is 48.2. The Morgan fingerprint density at radius 1 is 0.233 bits per heavy atom. The molecular formula is C70H44N2O. The van der Waals surface area contributed by atoms with Crippen LogP contribution in [0.5, 0.6) is 0 Å². The highest BCUT2D eigenvalue weighted by Crippen LogP contribution is 2.47. The van der Waals surface area contributed by atoms with E-state index in [1.165, 1.54) is 22.1 Å². The van der Waals surface area contributed by atoms with Crippen molar-refractivity contribution in [3.63, 3.8) is 0 Å². The maximum atomic E-state index is 7.47. The third-order valence-corrected chi connectivity index (χ3v) is 14.5. The van der Waals surface area contributed by atoms with Crippen molar-refractivity contribution in [2.45, 2.75) is 0 Å². The number of hydrogen-bond donors (Lipinski definition) is 0. The van der Waals surface area contributed by atoms with Gasteiger partial charge in [-0.2, -0.15) is 0 Å². The van der Waals surface area contributed by atoms with E-state index in [0.717, 1.165) is 122 Å². The summed E-state index contributed by atoms with van der Waals surface area (Å²) in [7, 11) is 0. The quantitative estimate of drug-likeness (QED) is 0.143. The van der Waals surface area contributed by atoms with E-state index in [0.29, 0.717) is 0 Å². The van der Waals surface area contributed by atoms with Gasteiger partial charge in [0.2, 0.25) is 0 Å². The fraction of sp³-hybridized carbons (Fsp3) is 0. The highest BCUT2D eigenvalue weighted by atomic mass is 16.3. The predicted molar refractivity (Wildman–Crippen MR) is 305 cm³/mol. The lowest BCUT2D eigenvalue weighted by molar-refractivity contribution is 0.671. The van der Waals surface area contributed by atoms with E-state index >= 15 is 0 Å². The molecule has 2 aromatic heterocycles. The van der Waals surface area contributed by atoms with Gasteiger partial charge in [0, 0.05) is 38.2 Å². The van der Waals surface area contributed by atoms with Crippen molar-refractivity contribution in [3.05, 3.63) is 267 Å². The first-order valence-corrected chi connectivity index (χ1v) is 24.9. The second kappa shape index (κ2) is 17.6. The molecule has 0 amide bonds. The molecule has 2 heterocycles. The average Bonchev–Trinajstić information content (AvgIpc) is 3.86. The Hall–Kier alpha value is -9.70. The van der Waals surface area contributed by atoms with E-state index in [-0.39, 0.29) is 0 Å². The van der Waals surface area contributed by atoms with Gasteiger partial charge >= 0.3 is 0 Å². The van der Waals surface area contributed by atoms with Crippen LogP contribution in [0.2, 0.25) is 0 Å². The molecule has 73 heavy (non-hydrogen) atoms. The van der Waals surface area contributed by atoms with Crippen LogP contribution in [0.1, 0.15) is 0 Å². The summed E-state index contributed by atoms with van der Waals surface area (Å²) in [5, 5.41) is 6.58. The summed E-state index contributed by atoms with van der Waals surface area (Å²) < 4.78 is 7.47. The van der Waals surface area contributed by atoms with Crippen molar-refractivity contribution in [3.8, 4) is 89.1 Å². The van der Waals surface area contributed by atoms with Crippen LogP contribution in [-0.2, 0) is 0 Å². The second-order valence-electron chi connectivity index (χ2n) is 18.8. The lowest BCUT2D eigenvalue weighted by atomic mass is 9.90. The van der Waals surface area contributed by atoms with Gasteiger partial charge in [0.1, 0.15) is 11.2 Å². The molecule has 12 aromatic carbocycles. The Bertz CT molecular complexity index is 4390. The molecule has 14 aromatic rings. The fourth-order valence-corrected chi connectivity index (χ4v) is 10.9. The molecule has 0 bridgehead atoms. The van der Waals surface area contributed by atoms with Gasteiger partial charge in [0.15, 0.2) is 0 Å². The third-order valence-electron chi connectivity index (χ3n) is 14.5. The molecule has 0 N–H and O–H groups in total. The summed E-state index contributed by atoms with van der Waals surface area (Å²) in [6, 6.07) is 93.4. The number of fused-ring (bicyclic) bond motifs is 9. The van der Waals surface area contributed by atoms with Gasteiger partial charge < -0.3 is 4.42 Å². The van der Waals surface area contributed by atoms with Crippen LogP contribution in [0.15, 0.2) is 271 Å². The van der Waals surface area contributed by atoms with Gasteiger partial charge in [-0.05, 0) is 120 Å². The Kier molecular flexibility index (Phi) is 10.2. The Labute approximate surface area is 423 Å². The minimum atomic E-state index is 0.795. The summed E-state index contributed by atoms with van der Waals surface area (Å²) in [4.78, 5) is 10.7. The number of benzene rings is 12. The van der Waals surface area contributed by atoms with Gasteiger partial charge in [-0.3, -0.25) is 4.98 Å². The van der Waals surface area contributed by atoms with Crippen molar-refractivity contribution in [2.24, 2.45) is 0 Å². The monoisotopic (exact) mass is 928 g/mol. The van der Waals surface area contributed by atoms with E-state index in [1.54, 1.807) is 0 Å². The highest BCUT2D eigenvalue weighted by Gasteiger charge is 2.23. The first-order valence-electron chi connectivity index (χ1n) is 24.9. The van der Waals surface area contributed by atoms with E-state index < -0.39 is 0 Å². The highest BCUT2D eigenvalue weighted by molar-refractivity contribution is 6.23. The first kappa shape index (κ1) is 42.2. The molecular weight excluding hydrogens is 885 g/mol. The number of aromatic nitrogens is 2. The molecule has 0 aliphatic rings. The number of furan rings is 1. The summed E-state index contributed by atoms with van der Waals surface area (Å²) in [6.07, 6.45) is 1.94. The molecule has 0 atom stereocenters. The zero-order valence-electron chi connectivity index (χ0n) is 39.7. The smallest absolute Gasteiger partial charge is 0.143 e. The van der Waals surface area contributed by atoms with E-state index in [1.807, 2.05) is 6.20 Å². The molecule has 0 aliphatic carbocycles. The SMILES string of the molecule is c1ccc(-c2cccc(-c3cc(-c4cccc(-c5ccccc5)c4)c4oc5c(-c6ccccc6-c6cnc7c8ccccc8c8ccccc8c7n6)cc(-c6cccc(-c7ccccc7)c6)cc5c4c3)c2)cc1. The molecule has 3 heteroatoms. The van der Waals surface area contributed by atoms with Crippen LogP contribution in [-0.4, -0.2) is 9.97 Å². The van der Waals surface area contributed by atoms with Crippen LogP contribution >= 0.6 is 0 Å². The third kappa shape index (κ3) is 7.46. The average molecular weight is 929 g/mol. The van der Waals surface area contributed by atoms with Crippen molar-refractivity contribution in [1.29, 1.82) is 0 Å². The van der Waals surface area contributed by atoms with Gasteiger partial charge in [-0.1, -0.05) is 218 Å². The van der Waals surface area contributed by atoms with Crippen LogP contribution in [0.25, 0.3) is 144 Å². The number of hydrogen-bond acceptors (Lipinski definition) is 3. The standard InChI is InChI=1S/C70H44N2O/c1-4-19-45(20-5-1)48-25-16-28-51(37-48)54-40-62(53-30-18-27-50(39-53)47-23-8-3-9-24-47)69-64(42-54)65-43-55(52-29-17-26-49(38-52)46-21-6-2-7-22-46)41-63(70(65)73-69)58-33-10-13-34-59(58)66-44-71-67-60-35-14-11-31-56(60)57-32-12-15-36-61(57)68(67)72-66/h1-44H.